The van der Waals surface area contributed by atoms with E-state index in [4.69, 9.17) is 16.0 Å². The summed E-state index contributed by atoms with van der Waals surface area (Å²) in [6.45, 7) is 1.80. The van der Waals surface area contributed by atoms with E-state index >= 15 is 0 Å². The molecule has 0 N–H and O–H groups in total. The van der Waals surface area contributed by atoms with Crippen LogP contribution >= 0.6 is 11.6 Å². The number of hydrogen-bond acceptors (Lipinski definition) is 5. The lowest BCUT2D eigenvalue weighted by atomic mass is 9.95. The van der Waals surface area contributed by atoms with Crippen LogP contribution < -0.4 is 0 Å². The van der Waals surface area contributed by atoms with Gasteiger partial charge in [-0.2, -0.15) is 0 Å². The number of carbonyl (C=O) groups is 2. The first kappa shape index (κ1) is 19.3. The van der Waals surface area contributed by atoms with E-state index in [2.05, 4.69) is 9.88 Å². The molecule has 0 spiro atoms. The molecule has 154 valence electrons. The van der Waals surface area contributed by atoms with Crippen LogP contribution in [0.15, 0.2) is 52.9 Å². The molecule has 2 aromatic carbocycles. The number of hydrogen-bond donors (Lipinski definition) is 0. The van der Waals surface area contributed by atoms with Gasteiger partial charge in [-0.15, -0.1) is 0 Å². The van der Waals surface area contributed by atoms with E-state index in [9.17, 15) is 9.59 Å². The molecule has 5 rings (SSSR count). The summed E-state index contributed by atoms with van der Waals surface area (Å²) in [6, 6.07) is 14.7. The van der Waals surface area contributed by atoms with E-state index < -0.39 is 0 Å². The van der Waals surface area contributed by atoms with Crippen molar-refractivity contribution >= 4 is 34.5 Å². The molecule has 2 saturated heterocycles. The summed E-state index contributed by atoms with van der Waals surface area (Å²) >= 11 is 5.92. The molecule has 1 unspecified atom stereocenters. The van der Waals surface area contributed by atoms with Gasteiger partial charge in [-0.25, -0.2) is 4.98 Å². The molecule has 1 atom stereocenters. The van der Waals surface area contributed by atoms with Crippen LogP contribution in [0.1, 0.15) is 36.6 Å². The molecule has 2 fully saturated rings. The number of oxazole rings is 1. The Labute approximate surface area is 179 Å². The minimum atomic E-state index is -0.366. The SMILES string of the molecule is O=C1CC(N2CCC(c3nc4ccccc4o3)CC2)C(=O)N1Cc1ccc(Cl)cc1. The van der Waals surface area contributed by atoms with Gasteiger partial charge < -0.3 is 4.42 Å². The molecule has 0 radical (unpaired) electrons. The lowest BCUT2D eigenvalue weighted by Gasteiger charge is -2.33. The maximum atomic E-state index is 13.0. The molecule has 30 heavy (non-hydrogen) atoms. The van der Waals surface area contributed by atoms with Crippen molar-refractivity contribution in [2.45, 2.75) is 37.8 Å². The van der Waals surface area contributed by atoms with Crippen LogP contribution in [-0.4, -0.2) is 45.7 Å². The van der Waals surface area contributed by atoms with Crippen LogP contribution in [0.25, 0.3) is 11.1 Å². The van der Waals surface area contributed by atoms with Crippen molar-refractivity contribution < 1.29 is 14.0 Å². The first-order valence-electron chi connectivity index (χ1n) is 10.3. The number of piperidine rings is 1. The fourth-order valence-corrected chi connectivity index (χ4v) is 4.54. The van der Waals surface area contributed by atoms with Gasteiger partial charge in [0.25, 0.3) is 0 Å². The fourth-order valence-electron chi connectivity index (χ4n) is 4.41. The molecule has 1 aromatic heterocycles. The standard InChI is InChI=1S/C23H22ClN3O3/c24-17-7-5-15(6-8-17)14-27-21(28)13-19(23(27)29)26-11-9-16(10-12-26)22-25-18-3-1-2-4-20(18)30-22/h1-8,16,19H,9-14H2. The molecule has 0 saturated carbocycles. The summed E-state index contributed by atoms with van der Waals surface area (Å²) in [5, 5.41) is 0.637. The summed E-state index contributed by atoms with van der Waals surface area (Å²) in [7, 11) is 0. The van der Waals surface area contributed by atoms with Gasteiger partial charge in [-0.05, 0) is 55.8 Å². The van der Waals surface area contributed by atoms with E-state index in [0.717, 1.165) is 48.5 Å². The Morgan fingerprint density at radius 1 is 1.03 bits per heavy atom. The van der Waals surface area contributed by atoms with Crippen LogP contribution in [-0.2, 0) is 16.1 Å². The molecule has 3 aromatic rings. The van der Waals surface area contributed by atoms with Gasteiger partial charge in [0.1, 0.15) is 5.52 Å². The van der Waals surface area contributed by atoms with Crippen molar-refractivity contribution in [2.75, 3.05) is 13.1 Å². The third kappa shape index (κ3) is 3.61. The normalized spacial score (nSPS) is 21.1. The number of rotatable bonds is 4. The predicted octanol–water partition coefficient (Wildman–Crippen LogP) is 3.99. The Bertz CT molecular complexity index is 1050. The predicted molar refractivity (Wildman–Crippen MR) is 113 cm³/mol. The zero-order valence-electron chi connectivity index (χ0n) is 16.5. The average molecular weight is 424 g/mol. The third-order valence-corrected chi connectivity index (χ3v) is 6.36. The van der Waals surface area contributed by atoms with Crippen molar-refractivity contribution in [2.24, 2.45) is 0 Å². The van der Waals surface area contributed by atoms with E-state index in [1.54, 1.807) is 12.1 Å². The number of benzene rings is 2. The van der Waals surface area contributed by atoms with Crippen molar-refractivity contribution in [1.29, 1.82) is 0 Å². The topological polar surface area (TPSA) is 66.7 Å². The Morgan fingerprint density at radius 2 is 1.77 bits per heavy atom. The highest BCUT2D eigenvalue weighted by molar-refractivity contribution is 6.30. The number of nitrogens with zero attached hydrogens (tertiary/aromatic N) is 3. The number of carbonyl (C=O) groups excluding carboxylic acids is 2. The van der Waals surface area contributed by atoms with Gasteiger partial charge in [0, 0.05) is 10.9 Å². The Hall–Kier alpha value is -2.70. The van der Waals surface area contributed by atoms with Crippen LogP contribution in [0, 0.1) is 0 Å². The lowest BCUT2D eigenvalue weighted by molar-refractivity contribution is -0.140. The smallest absolute Gasteiger partial charge is 0.247 e. The molecule has 0 bridgehead atoms. The number of amides is 2. The highest BCUT2D eigenvalue weighted by atomic mass is 35.5. The molecule has 2 aliphatic rings. The molecule has 2 amide bonds. The molecule has 2 aliphatic heterocycles. The summed E-state index contributed by atoms with van der Waals surface area (Å²) < 4.78 is 5.93. The van der Waals surface area contributed by atoms with Gasteiger partial charge in [0.15, 0.2) is 11.5 Å². The van der Waals surface area contributed by atoms with Crippen LogP contribution in [0.5, 0.6) is 0 Å². The first-order valence-corrected chi connectivity index (χ1v) is 10.6. The minimum Gasteiger partial charge on any atom is -0.440 e. The molecule has 3 heterocycles. The highest BCUT2D eigenvalue weighted by Crippen LogP contribution is 2.32. The van der Waals surface area contributed by atoms with E-state index in [1.807, 2.05) is 36.4 Å². The Balaban J connectivity index is 1.23. The summed E-state index contributed by atoms with van der Waals surface area (Å²) in [5.74, 6) is 0.802. The van der Waals surface area contributed by atoms with Gasteiger partial charge in [-0.1, -0.05) is 35.9 Å². The van der Waals surface area contributed by atoms with Gasteiger partial charge in [0.2, 0.25) is 11.8 Å². The summed E-state index contributed by atoms with van der Waals surface area (Å²) in [6.07, 6.45) is 1.98. The number of imide groups is 1. The van der Waals surface area contributed by atoms with Crippen LogP contribution in [0.2, 0.25) is 5.02 Å². The summed E-state index contributed by atoms with van der Waals surface area (Å²) in [4.78, 5) is 33.6. The average Bonchev–Trinajstić information content (AvgIpc) is 3.32. The maximum absolute atomic E-state index is 13.0. The minimum absolute atomic E-state index is 0.102. The molecule has 7 heteroatoms. The summed E-state index contributed by atoms with van der Waals surface area (Å²) in [5.41, 5.74) is 2.59. The lowest BCUT2D eigenvalue weighted by Crippen LogP contribution is -2.45. The van der Waals surface area contributed by atoms with E-state index in [0.29, 0.717) is 11.6 Å². The second-order valence-electron chi connectivity index (χ2n) is 7.99. The molecule has 0 aliphatic carbocycles. The second-order valence-corrected chi connectivity index (χ2v) is 8.43. The number of para-hydroxylation sites is 2. The monoisotopic (exact) mass is 423 g/mol. The van der Waals surface area contributed by atoms with Gasteiger partial charge >= 0.3 is 0 Å². The van der Waals surface area contributed by atoms with Crippen molar-refractivity contribution in [1.82, 2.24) is 14.8 Å². The van der Waals surface area contributed by atoms with Crippen molar-refractivity contribution in [3.05, 3.63) is 65.0 Å². The molecular weight excluding hydrogens is 402 g/mol. The van der Waals surface area contributed by atoms with Crippen LogP contribution in [0.3, 0.4) is 0 Å². The quantitative estimate of drug-likeness (QED) is 0.593. The third-order valence-electron chi connectivity index (χ3n) is 6.10. The molecular formula is C23H22ClN3O3. The highest BCUT2D eigenvalue weighted by Gasteiger charge is 2.43. The first-order chi connectivity index (χ1) is 14.6. The second kappa shape index (κ2) is 7.85. The van der Waals surface area contributed by atoms with Gasteiger partial charge in [-0.3, -0.25) is 19.4 Å². The fraction of sp³-hybridized carbons (Fsp3) is 0.348. The zero-order valence-corrected chi connectivity index (χ0v) is 17.2. The van der Waals surface area contributed by atoms with Gasteiger partial charge in [0.05, 0.1) is 19.0 Å². The number of likely N-dealkylation sites (tertiary alicyclic amines) is 2. The number of fused-ring (bicyclic) bond motifs is 1. The Morgan fingerprint density at radius 3 is 2.50 bits per heavy atom. The van der Waals surface area contributed by atoms with E-state index in [-0.39, 0.29) is 30.2 Å². The zero-order chi connectivity index (χ0) is 20.7. The number of halogens is 1. The van der Waals surface area contributed by atoms with Crippen LogP contribution in [0.4, 0.5) is 0 Å². The Kier molecular flexibility index (Phi) is 5.05. The van der Waals surface area contributed by atoms with Crippen molar-refractivity contribution in [3.8, 4) is 0 Å². The van der Waals surface area contributed by atoms with Crippen molar-refractivity contribution in [3.63, 3.8) is 0 Å². The molecule has 6 nitrogen and oxygen atoms in total. The maximum Gasteiger partial charge on any atom is 0.247 e. The largest absolute Gasteiger partial charge is 0.440 e. The number of aromatic nitrogens is 1. The van der Waals surface area contributed by atoms with E-state index in [1.165, 1.54) is 4.90 Å².